The summed E-state index contributed by atoms with van der Waals surface area (Å²) in [6.07, 6.45) is 6.55. The normalized spacial score (nSPS) is 10.1. The molecule has 14 heavy (non-hydrogen) atoms. The molecule has 0 unspecified atom stereocenters. The van der Waals surface area contributed by atoms with Crippen LogP contribution < -0.4 is 5.73 Å². The first-order chi connectivity index (χ1) is 6.77. The average Bonchev–Trinajstić information content (AvgIpc) is 2.23. The lowest BCUT2D eigenvalue weighted by molar-refractivity contribution is 1.11. The third kappa shape index (κ3) is 1.52. The highest BCUT2D eigenvalue weighted by Gasteiger charge is 2.05. The van der Waals surface area contributed by atoms with Crippen molar-refractivity contribution in [1.29, 1.82) is 0 Å². The van der Waals surface area contributed by atoms with Gasteiger partial charge in [-0.2, -0.15) is 0 Å². The zero-order valence-corrected chi connectivity index (χ0v) is 7.68. The molecule has 5 heteroatoms. The monoisotopic (exact) mass is 187 g/mol. The molecule has 0 aliphatic heterocycles. The van der Waals surface area contributed by atoms with Crippen LogP contribution in [0.2, 0.25) is 0 Å². The van der Waals surface area contributed by atoms with Gasteiger partial charge in [0, 0.05) is 18.6 Å². The molecule has 0 bridgehead atoms. The van der Waals surface area contributed by atoms with Crippen LogP contribution in [0.5, 0.6) is 0 Å². The van der Waals surface area contributed by atoms with Crippen molar-refractivity contribution in [3.05, 3.63) is 30.4 Å². The Morgan fingerprint density at radius 3 is 2.71 bits per heavy atom. The van der Waals surface area contributed by atoms with E-state index in [1.54, 1.807) is 24.8 Å². The lowest BCUT2D eigenvalue weighted by atomic mass is 10.2. The number of aryl methyl sites for hydroxylation is 1. The molecule has 0 aliphatic rings. The number of anilines is 1. The predicted molar refractivity (Wildman–Crippen MR) is 52.2 cm³/mol. The molecule has 0 radical (unpaired) electrons. The summed E-state index contributed by atoms with van der Waals surface area (Å²) in [5.74, 6) is 0.247. The van der Waals surface area contributed by atoms with Gasteiger partial charge in [0.05, 0.1) is 11.9 Å². The molecule has 2 aromatic rings. The maximum Gasteiger partial charge on any atom is 0.220 e. The third-order valence-corrected chi connectivity index (χ3v) is 1.80. The highest BCUT2D eigenvalue weighted by molar-refractivity contribution is 5.57. The first-order valence-electron chi connectivity index (χ1n) is 4.13. The smallest absolute Gasteiger partial charge is 0.220 e. The molecule has 0 fully saturated rings. The van der Waals surface area contributed by atoms with Gasteiger partial charge < -0.3 is 5.73 Å². The number of hydrogen-bond donors (Lipinski definition) is 1. The third-order valence-electron chi connectivity index (χ3n) is 1.80. The highest BCUT2D eigenvalue weighted by atomic mass is 15.0. The van der Waals surface area contributed by atoms with Gasteiger partial charge in [-0.1, -0.05) is 0 Å². The van der Waals surface area contributed by atoms with Gasteiger partial charge in [0.15, 0.2) is 0 Å². The van der Waals surface area contributed by atoms with Crippen molar-refractivity contribution in [2.45, 2.75) is 6.92 Å². The zero-order valence-electron chi connectivity index (χ0n) is 7.68. The number of rotatable bonds is 1. The van der Waals surface area contributed by atoms with Crippen molar-refractivity contribution >= 4 is 5.95 Å². The molecule has 2 rings (SSSR count). The highest BCUT2D eigenvalue weighted by Crippen LogP contribution is 2.16. The van der Waals surface area contributed by atoms with E-state index in [0.717, 1.165) is 11.3 Å². The van der Waals surface area contributed by atoms with E-state index < -0.39 is 0 Å². The summed E-state index contributed by atoms with van der Waals surface area (Å²) in [5.41, 5.74) is 7.86. The van der Waals surface area contributed by atoms with E-state index in [1.807, 2.05) is 6.92 Å². The molecule has 2 aromatic heterocycles. The van der Waals surface area contributed by atoms with E-state index in [9.17, 15) is 0 Å². The minimum absolute atomic E-state index is 0.247. The molecule has 0 saturated heterocycles. The Balaban J connectivity index is 2.57. The topological polar surface area (TPSA) is 77.6 Å². The lowest BCUT2D eigenvalue weighted by Gasteiger charge is -2.02. The van der Waals surface area contributed by atoms with Crippen LogP contribution in [0.25, 0.3) is 11.4 Å². The molecule has 2 heterocycles. The summed E-state index contributed by atoms with van der Waals surface area (Å²) in [6.45, 7) is 1.91. The Bertz CT molecular complexity index is 440. The standard InChI is InChI=1S/C9H9N5/c1-6-4-13-9(10)14-8(6)7-5-11-2-3-12-7/h2-5H,1H3,(H2,10,13,14). The first-order valence-corrected chi connectivity index (χ1v) is 4.13. The fraction of sp³-hybridized carbons (Fsp3) is 0.111. The number of nitrogens with two attached hydrogens (primary N) is 1. The summed E-state index contributed by atoms with van der Waals surface area (Å²) in [7, 11) is 0. The molecule has 70 valence electrons. The van der Waals surface area contributed by atoms with Crippen molar-refractivity contribution < 1.29 is 0 Å². The van der Waals surface area contributed by atoms with Crippen molar-refractivity contribution in [3.63, 3.8) is 0 Å². The van der Waals surface area contributed by atoms with Crippen molar-refractivity contribution in [2.24, 2.45) is 0 Å². The molecule has 0 aliphatic carbocycles. The number of aromatic nitrogens is 4. The van der Waals surface area contributed by atoms with Gasteiger partial charge in [0.25, 0.3) is 0 Å². The Morgan fingerprint density at radius 1 is 1.14 bits per heavy atom. The Morgan fingerprint density at radius 2 is 2.00 bits per heavy atom. The van der Waals surface area contributed by atoms with Crippen LogP contribution in [0.15, 0.2) is 24.8 Å². The van der Waals surface area contributed by atoms with E-state index >= 15 is 0 Å². The van der Waals surface area contributed by atoms with Crippen LogP contribution in [0.3, 0.4) is 0 Å². The average molecular weight is 187 g/mol. The SMILES string of the molecule is Cc1cnc(N)nc1-c1cnccn1. The molecule has 0 amide bonds. The quantitative estimate of drug-likeness (QED) is 0.715. The summed E-state index contributed by atoms with van der Waals surface area (Å²) >= 11 is 0. The molecule has 2 N–H and O–H groups in total. The Hall–Kier alpha value is -2.04. The van der Waals surface area contributed by atoms with Gasteiger partial charge in [-0.3, -0.25) is 9.97 Å². The summed E-state index contributed by atoms with van der Waals surface area (Å²) in [4.78, 5) is 16.1. The first kappa shape index (κ1) is 8.55. The van der Waals surface area contributed by atoms with Crippen LogP contribution in [0.1, 0.15) is 5.56 Å². The van der Waals surface area contributed by atoms with Crippen molar-refractivity contribution in [2.75, 3.05) is 5.73 Å². The summed E-state index contributed by atoms with van der Waals surface area (Å²) in [5, 5.41) is 0. The zero-order chi connectivity index (χ0) is 9.97. The molecular weight excluding hydrogens is 178 g/mol. The maximum atomic E-state index is 5.49. The lowest BCUT2D eigenvalue weighted by Crippen LogP contribution is -1.99. The maximum absolute atomic E-state index is 5.49. The molecule has 5 nitrogen and oxygen atoms in total. The Labute approximate surface area is 81.1 Å². The molecule has 0 atom stereocenters. The van der Waals surface area contributed by atoms with Crippen molar-refractivity contribution in [3.8, 4) is 11.4 Å². The minimum Gasteiger partial charge on any atom is -0.368 e. The van der Waals surface area contributed by atoms with Gasteiger partial charge in [-0.05, 0) is 12.5 Å². The summed E-state index contributed by atoms with van der Waals surface area (Å²) in [6, 6.07) is 0. The fourth-order valence-electron chi connectivity index (χ4n) is 1.14. The second-order valence-corrected chi connectivity index (χ2v) is 2.85. The van der Waals surface area contributed by atoms with Gasteiger partial charge in [0.2, 0.25) is 5.95 Å². The van der Waals surface area contributed by atoms with E-state index in [1.165, 1.54) is 0 Å². The second kappa shape index (κ2) is 3.37. The molecule has 0 saturated carbocycles. The van der Waals surface area contributed by atoms with Crippen LogP contribution >= 0.6 is 0 Å². The minimum atomic E-state index is 0.247. The molecule has 0 spiro atoms. The molecular formula is C9H9N5. The predicted octanol–water partition coefficient (Wildman–Crippen LogP) is 0.824. The van der Waals surface area contributed by atoms with Crippen LogP contribution in [-0.2, 0) is 0 Å². The van der Waals surface area contributed by atoms with Gasteiger partial charge in [-0.15, -0.1) is 0 Å². The second-order valence-electron chi connectivity index (χ2n) is 2.85. The van der Waals surface area contributed by atoms with Gasteiger partial charge in [0.1, 0.15) is 5.69 Å². The van der Waals surface area contributed by atoms with E-state index in [2.05, 4.69) is 19.9 Å². The summed E-state index contributed by atoms with van der Waals surface area (Å²) < 4.78 is 0. The largest absolute Gasteiger partial charge is 0.368 e. The fourth-order valence-corrected chi connectivity index (χ4v) is 1.14. The number of nitrogen functional groups attached to an aromatic ring is 1. The van der Waals surface area contributed by atoms with Gasteiger partial charge >= 0.3 is 0 Å². The van der Waals surface area contributed by atoms with E-state index in [-0.39, 0.29) is 5.95 Å². The number of nitrogens with zero attached hydrogens (tertiary/aromatic N) is 4. The van der Waals surface area contributed by atoms with Crippen LogP contribution in [0.4, 0.5) is 5.95 Å². The van der Waals surface area contributed by atoms with Crippen molar-refractivity contribution in [1.82, 2.24) is 19.9 Å². The van der Waals surface area contributed by atoms with Crippen LogP contribution in [0, 0.1) is 6.92 Å². The molecule has 0 aromatic carbocycles. The number of hydrogen-bond acceptors (Lipinski definition) is 5. The van der Waals surface area contributed by atoms with Gasteiger partial charge in [-0.25, -0.2) is 9.97 Å². The van der Waals surface area contributed by atoms with E-state index in [4.69, 9.17) is 5.73 Å². The van der Waals surface area contributed by atoms with E-state index in [0.29, 0.717) is 5.69 Å². The van der Waals surface area contributed by atoms with Crippen LogP contribution in [-0.4, -0.2) is 19.9 Å². The Kier molecular flexibility index (Phi) is 2.06.